The van der Waals surface area contributed by atoms with Gasteiger partial charge in [-0.1, -0.05) is 0 Å². The van der Waals surface area contributed by atoms with Gasteiger partial charge in [-0.15, -0.1) is 11.8 Å². The van der Waals surface area contributed by atoms with Crippen LogP contribution in [0.1, 0.15) is 5.56 Å². The Morgan fingerprint density at radius 1 is 1.19 bits per heavy atom. The zero-order valence-electron chi connectivity index (χ0n) is 10.8. The fraction of sp³-hybridized carbons (Fsp3) is 0.231. The van der Waals surface area contributed by atoms with Crippen LogP contribution in [0.3, 0.4) is 0 Å². The lowest BCUT2D eigenvalue weighted by molar-refractivity contribution is -0.105. The predicted molar refractivity (Wildman–Crippen MR) is 70.0 cm³/mol. The second-order valence-corrected chi connectivity index (χ2v) is 5.10. The molecule has 0 saturated carbocycles. The highest BCUT2D eigenvalue weighted by Crippen LogP contribution is 2.34. The van der Waals surface area contributed by atoms with Gasteiger partial charge in [0, 0.05) is 17.3 Å². The number of aromatic nitrogens is 2. The minimum atomic E-state index is -4.30. The first-order chi connectivity index (χ1) is 9.85. The number of halogens is 4. The van der Waals surface area contributed by atoms with E-state index in [0.717, 1.165) is 6.07 Å². The summed E-state index contributed by atoms with van der Waals surface area (Å²) < 4.78 is 55.7. The van der Waals surface area contributed by atoms with Crippen LogP contribution in [0.25, 0.3) is 0 Å². The van der Waals surface area contributed by atoms with Gasteiger partial charge < -0.3 is 4.74 Å². The Balaban J connectivity index is 2.22. The van der Waals surface area contributed by atoms with E-state index in [2.05, 4.69) is 9.97 Å². The Hall–Kier alpha value is -1.83. The third-order valence-electron chi connectivity index (χ3n) is 2.36. The molecule has 0 aliphatic rings. The number of thioether (sulfide) groups is 1. The molecule has 0 amide bonds. The molecule has 1 aromatic carbocycles. The predicted octanol–water partition coefficient (Wildman–Crippen LogP) is 4.37. The van der Waals surface area contributed by atoms with Crippen LogP contribution in [0.15, 0.2) is 35.5 Å². The molecule has 3 nitrogen and oxygen atoms in total. The third-order valence-corrected chi connectivity index (χ3v) is 3.59. The summed E-state index contributed by atoms with van der Waals surface area (Å²) in [5.41, 5.74) is 0.406. The molecule has 0 fully saturated rings. The Morgan fingerprint density at radius 3 is 2.48 bits per heavy atom. The van der Waals surface area contributed by atoms with Gasteiger partial charge in [-0.05, 0) is 30.7 Å². The molecule has 0 aliphatic heterocycles. The summed E-state index contributed by atoms with van der Waals surface area (Å²) >= 11 is 0.575. The number of hydrogen-bond donors (Lipinski definition) is 0. The van der Waals surface area contributed by atoms with Gasteiger partial charge >= 0.3 is 12.2 Å². The van der Waals surface area contributed by atoms with Crippen LogP contribution < -0.4 is 4.74 Å². The average Bonchev–Trinajstić information content (AvgIpc) is 2.41. The maximum absolute atomic E-state index is 13.8. The van der Waals surface area contributed by atoms with Gasteiger partial charge in [0.2, 0.25) is 0 Å². The third kappa shape index (κ3) is 4.59. The summed E-state index contributed by atoms with van der Waals surface area (Å²) in [6.45, 7) is 1.53. The van der Waals surface area contributed by atoms with Crippen molar-refractivity contribution in [3.8, 4) is 11.8 Å². The zero-order chi connectivity index (χ0) is 15.5. The van der Waals surface area contributed by atoms with Crippen molar-refractivity contribution in [2.45, 2.75) is 18.0 Å². The zero-order valence-corrected chi connectivity index (χ0v) is 11.6. The van der Waals surface area contributed by atoms with Crippen LogP contribution in [-0.4, -0.2) is 21.9 Å². The maximum Gasteiger partial charge on any atom is 0.398 e. The van der Waals surface area contributed by atoms with Gasteiger partial charge in [0.25, 0.3) is 0 Å². The highest BCUT2D eigenvalue weighted by molar-refractivity contribution is 7.99. The average molecular weight is 318 g/mol. The van der Waals surface area contributed by atoms with E-state index in [0.29, 0.717) is 22.2 Å². The molecule has 0 aliphatic carbocycles. The van der Waals surface area contributed by atoms with E-state index >= 15 is 0 Å². The first kappa shape index (κ1) is 15.6. The Kier molecular flexibility index (Phi) is 4.66. The molecule has 0 N–H and O–H groups in total. The molecule has 0 bridgehead atoms. The van der Waals surface area contributed by atoms with Gasteiger partial charge in [-0.25, -0.2) is 14.4 Å². The van der Waals surface area contributed by atoms with Gasteiger partial charge in [-0.3, -0.25) is 0 Å². The standard InChI is InChI=1S/C13H10F4N2OS/c1-8-5-9(14)10(20-12-18-3-2-4-19-12)6-11(8)21-7-13(15,16)17/h2-6H,7H2,1H3. The lowest BCUT2D eigenvalue weighted by Gasteiger charge is -2.11. The number of rotatable bonds is 4. The van der Waals surface area contributed by atoms with Crippen molar-refractivity contribution < 1.29 is 22.3 Å². The van der Waals surface area contributed by atoms with E-state index in [1.165, 1.54) is 25.4 Å². The van der Waals surface area contributed by atoms with Crippen LogP contribution in [0.5, 0.6) is 11.8 Å². The molecule has 2 rings (SSSR count). The van der Waals surface area contributed by atoms with E-state index < -0.39 is 17.7 Å². The van der Waals surface area contributed by atoms with E-state index in [-0.39, 0.29) is 11.8 Å². The summed E-state index contributed by atoms with van der Waals surface area (Å²) in [7, 11) is 0. The Morgan fingerprint density at radius 2 is 1.86 bits per heavy atom. The monoisotopic (exact) mass is 318 g/mol. The molecule has 1 heterocycles. The van der Waals surface area contributed by atoms with Crippen molar-refractivity contribution in [1.82, 2.24) is 9.97 Å². The quantitative estimate of drug-likeness (QED) is 0.619. The lowest BCUT2D eigenvalue weighted by atomic mass is 10.2. The molecule has 0 spiro atoms. The normalized spacial score (nSPS) is 11.5. The van der Waals surface area contributed by atoms with E-state index in [4.69, 9.17) is 4.74 Å². The van der Waals surface area contributed by atoms with Crippen molar-refractivity contribution in [2.24, 2.45) is 0 Å². The fourth-order valence-corrected chi connectivity index (χ4v) is 2.26. The molecule has 21 heavy (non-hydrogen) atoms. The molecule has 0 saturated heterocycles. The molecule has 0 radical (unpaired) electrons. The number of benzene rings is 1. The van der Waals surface area contributed by atoms with Crippen LogP contribution in [0, 0.1) is 12.7 Å². The highest BCUT2D eigenvalue weighted by Gasteiger charge is 2.27. The van der Waals surface area contributed by atoms with Crippen LogP contribution in [-0.2, 0) is 0 Å². The van der Waals surface area contributed by atoms with Gasteiger partial charge in [0.15, 0.2) is 11.6 Å². The second-order valence-electron chi connectivity index (χ2n) is 4.09. The minimum Gasteiger partial charge on any atom is -0.421 e. The highest BCUT2D eigenvalue weighted by atomic mass is 32.2. The molecule has 0 atom stereocenters. The van der Waals surface area contributed by atoms with Crippen molar-refractivity contribution >= 4 is 11.8 Å². The number of alkyl halides is 3. The van der Waals surface area contributed by atoms with Crippen molar-refractivity contribution in [3.05, 3.63) is 42.0 Å². The lowest BCUT2D eigenvalue weighted by Crippen LogP contribution is -2.10. The molecule has 112 valence electrons. The molecule has 1 aromatic heterocycles. The van der Waals surface area contributed by atoms with Crippen molar-refractivity contribution in [2.75, 3.05) is 5.75 Å². The topological polar surface area (TPSA) is 35.0 Å². The summed E-state index contributed by atoms with van der Waals surface area (Å²) in [4.78, 5) is 7.82. The Bertz CT molecular complexity index is 620. The van der Waals surface area contributed by atoms with Crippen molar-refractivity contribution in [1.29, 1.82) is 0 Å². The largest absolute Gasteiger partial charge is 0.421 e. The van der Waals surface area contributed by atoms with Crippen LogP contribution in [0.2, 0.25) is 0 Å². The fourth-order valence-electron chi connectivity index (χ4n) is 1.46. The van der Waals surface area contributed by atoms with Crippen LogP contribution in [0.4, 0.5) is 17.6 Å². The SMILES string of the molecule is Cc1cc(F)c(Oc2ncccn2)cc1SCC(F)(F)F. The number of hydrogen-bond acceptors (Lipinski definition) is 4. The van der Waals surface area contributed by atoms with Gasteiger partial charge in [0.1, 0.15) is 0 Å². The summed E-state index contributed by atoms with van der Waals surface area (Å²) in [5, 5.41) is 0. The number of nitrogens with zero attached hydrogens (tertiary/aromatic N) is 2. The molecular formula is C13H10F4N2OS. The Labute approximate surface area is 122 Å². The van der Waals surface area contributed by atoms with E-state index in [9.17, 15) is 17.6 Å². The van der Waals surface area contributed by atoms with Crippen molar-refractivity contribution in [3.63, 3.8) is 0 Å². The maximum atomic E-state index is 13.8. The number of ether oxygens (including phenoxy) is 1. The second kappa shape index (κ2) is 6.30. The molecule has 8 heteroatoms. The minimum absolute atomic E-state index is 0.0768. The van der Waals surface area contributed by atoms with Crippen LogP contribution >= 0.6 is 11.8 Å². The molecular weight excluding hydrogens is 308 g/mol. The summed E-state index contributed by atoms with van der Waals surface area (Å²) in [6.07, 6.45) is -1.48. The first-order valence-electron chi connectivity index (χ1n) is 5.80. The summed E-state index contributed by atoms with van der Waals surface area (Å²) in [5.74, 6) is -1.95. The summed E-state index contributed by atoms with van der Waals surface area (Å²) in [6, 6.07) is 3.82. The van der Waals surface area contributed by atoms with E-state index in [1.807, 2.05) is 0 Å². The molecule has 2 aromatic rings. The number of aryl methyl sites for hydroxylation is 1. The first-order valence-corrected chi connectivity index (χ1v) is 6.78. The van der Waals surface area contributed by atoms with Gasteiger partial charge in [-0.2, -0.15) is 13.2 Å². The molecule has 0 unspecified atom stereocenters. The van der Waals surface area contributed by atoms with Gasteiger partial charge in [0.05, 0.1) is 5.75 Å². The smallest absolute Gasteiger partial charge is 0.398 e. The van der Waals surface area contributed by atoms with E-state index in [1.54, 1.807) is 6.07 Å².